The summed E-state index contributed by atoms with van der Waals surface area (Å²) in [4.78, 5) is 10.7. The Morgan fingerprint density at radius 2 is 2.00 bits per heavy atom. The molecule has 0 saturated heterocycles. The van der Waals surface area contributed by atoms with Crippen molar-refractivity contribution in [1.29, 1.82) is 0 Å². The van der Waals surface area contributed by atoms with Gasteiger partial charge in [0, 0.05) is 31.6 Å². The van der Waals surface area contributed by atoms with Crippen LogP contribution in [0.3, 0.4) is 0 Å². The van der Waals surface area contributed by atoms with Crippen LogP contribution in [0.1, 0.15) is 13.2 Å². The number of rotatable bonds is 2. The van der Waals surface area contributed by atoms with Gasteiger partial charge in [-0.2, -0.15) is 0 Å². The molecule has 0 aliphatic heterocycles. The molecule has 0 aromatic carbocycles. The van der Waals surface area contributed by atoms with Crippen molar-refractivity contribution in [2.24, 2.45) is 0 Å². The highest BCUT2D eigenvalue weighted by Gasteiger charge is 1.97. The van der Waals surface area contributed by atoms with Gasteiger partial charge in [0.1, 0.15) is 6.23 Å². The summed E-state index contributed by atoms with van der Waals surface area (Å²) in [7, 11) is 1.63. The molecule has 1 rings (SSSR count). The zero-order valence-corrected chi connectivity index (χ0v) is 6.65. The van der Waals surface area contributed by atoms with Crippen molar-refractivity contribution in [3.8, 4) is 0 Å². The normalized spacial score (nSPS) is 12.9. The molecule has 60 valence electrons. The van der Waals surface area contributed by atoms with E-state index >= 15 is 0 Å². The molecule has 3 nitrogen and oxygen atoms in total. The molecular formula is C8H11NO2. The van der Waals surface area contributed by atoms with Gasteiger partial charge in [0.25, 0.3) is 0 Å². The SMILES string of the molecule is CO[C@H](C)n1ccc(=O)cc1. The second-order valence-corrected chi connectivity index (χ2v) is 2.32. The zero-order chi connectivity index (χ0) is 8.27. The van der Waals surface area contributed by atoms with Gasteiger partial charge in [-0.3, -0.25) is 4.79 Å². The van der Waals surface area contributed by atoms with Gasteiger partial charge in [-0.05, 0) is 6.92 Å². The van der Waals surface area contributed by atoms with Crippen molar-refractivity contribution in [2.75, 3.05) is 7.11 Å². The third-order valence-corrected chi connectivity index (χ3v) is 1.58. The molecule has 0 fully saturated rings. The molecule has 0 amide bonds. The van der Waals surface area contributed by atoms with E-state index in [1.165, 1.54) is 12.1 Å². The van der Waals surface area contributed by atoms with Crippen molar-refractivity contribution in [3.05, 3.63) is 34.7 Å². The Bertz CT molecular complexity index is 259. The molecule has 0 unspecified atom stereocenters. The van der Waals surface area contributed by atoms with Crippen LogP contribution in [0.2, 0.25) is 0 Å². The van der Waals surface area contributed by atoms with E-state index in [0.717, 1.165) is 0 Å². The van der Waals surface area contributed by atoms with Gasteiger partial charge in [0.05, 0.1) is 0 Å². The second-order valence-electron chi connectivity index (χ2n) is 2.32. The minimum Gasteiger partial charge on any atom is -0.362 e. The highest BCUT2D eigenvalue weighted by molar-refractivity contribution is 4.94. The number of pyridine rings is 1. The van der Waals surface area contributed by atoms with Crippen LogP contribution < -0.4 is 5.43 Å². The van der Waals surface area contributed by atoms with E-state index in [0.29, 0.717) is 0 Å². The fourth-order valence-electron chi connectivity index (χ4n) is 0.788. The van der Waals surface area contributed by atoms with Crippen LogP contribution >= 0.6 is 0 Å². The summed E-state index contributed by atoms with van der Waals surface area (Å²) in [5.74, 6) is 0. The summed E-state index contributed by atoms with van der Waals surface area (Å²) >= 11 is 0. The Morgan fingerprint density at radius 1 is 1.45 bits per heavy atom. The van der Waals surface area contributed by atoms with Crippen LogP contribution in [-0.4, -0.2) is 11.7 Å². The van der Waals surface area contributed by atoms with Gasteiger partial charge >= 0.3 is 0 Å². The number of methoxy groups -OCH3 is 1. The maximum atomic E-state index is 10.7. The average Bonchev–Trinajstić information content (AvgIpc) is 2.05. The van der Waals surface area contributed by atoms with Crippen LogP contribution in [0.5, 0.6) is 0 Å². The molecule has 0 radical (unpaired) electrons. The third-order valence-electron chi connectivity index (χ3n) is 1.58. The Labute approximate surface area is 65.2 Å². The maximum Gasteiger partial charge on any atom is 0.181 e. The Kier molecular flexibility index (Phi) is 2.44. The molecule has 3 heteroatoms. The molecule has 11 heavy (non-hydrogen) atoms. The number of ether oxygens (including phenoxy) is 1. The minimum absolute atomic E-state index is 0.0180. The van der Waals surface area contributed by atoms with Crippen LogP contribution in [0.4, 0.5) is 0 Å². The fourth-order valence-corrected chi connectivity index (χ4v) is 0.788. The Hall–Kier alpha value is -1.09. The first-order valence-corrected chi connectivity index (χ1v) is 3.44. The van der Waals surface area contributed by atoms with Gasteiger partial charge in [-0.25, -0.2) is 0 Å². The summed E-state index contributed by atoms with van der Waals surface area (Å²) in [6.07, 6.45) is 3.39. The molecular weight excluding hydrogens is 142 g/mol. The maximum absolute atomic E-state index is 10.7. The first-order chi connectivity index (χ1) is 5.24. The quantitative estimate of drug-likeness (QED) is 0.635. The van der Waals surface area contributed by atoms with Crippen LogP contribution in [0.25, 0.3) is 0 Å². The zero-order valence-electron chi connectivity index (χ0n) is 6.65. The lowest BCUT2D eigenvalue weighted by Crippen LogP contribution is -2.09. The summed E-state index contributed by atoms with van der Waals surface area (Å²) < 4.78 is 6.86. The highest BCUT2D eigenvalue weighted by Crippen LogP contribution is 2.02. The first kappa shape index (κ1) is 8.01. The monoisotopic (exact) mass is 153 g/mol. The summed E-state index contributed by atoms with van der Waals surface area (Å²) in [5, 5.41) is 0. The van der Waals surface area contributed by atoms with E-state index in [-0.39, 0.29) is 11.7 Å². The Balaban J connectivity index is 2.89. The predicted octanol–water partition coefficient (Wildman–Crippen LogP) is 1.01. The number of hydrogen-bond donors (Lipinski definition) is 0. The third kappa shape index (κ3) is 1.91. The molecule has 0 N–H and O–H groups in total. The Morgan fingerprint density at radius 3 is 2.45 bits per heavy atom. The van der Waals surface area contributed by atoms with Gasteiger partial charge < -0.3 is 9.30 Å². The molecule has 1 aromatic rings. The van der Waals surface area contributed by atoms with E-state index in [2.05, 4.69) is 0 Å². The van der Waals surface area contributed by atoms with E-state index in [1.807, 2.05) is 11.5 Å². The summed E-state index contributed by atoms with van der Waals surface area (Å²) in [6.45, 7) is 1.91. The average molecular weight is 153 g/mol. The smallest absolute Gasteiger partial charge is 0.181 e. The largest absolute Gasteiger partial charge is 0.362 e. The predicted molar refractivity (Wildman–Crippen MR) is 42.4 cm³/mol. The first-order valence-electron chi connectivity index (χ1n) is 3.44. The molecule has 0 saturated carbocycles. The van der Waals surface area contributed by atoms with Gasteiger partial charge in [-0.1, -0.05) is 0 Å². The lowest BCUT2D eigenvalue weighted by atomic mass is 10.4. The van der Waals surface area contributed by atoms with E-state index < -0.39 is 0 Å². The molecule has 0 aliphatic rings. The highest BCUT2D eigenvalue weighted by atomic mass is 16.5. The minimum atomic E-state index is -0.0180. The topological polar surface area (TPSA) is 31.2 Å². The standard InChI is InChI=1S/C8H11NO2/c1-7(11-2)9-5-3-8(10)4-6-9/h3-7H,1-2H3/t7-/m1/s1. The molecule has 0 bridgehead atoms. The van der Waals surface area contributed by atoms with E-state index in [9.17, 15) is 4.79 Å². The number of nitrogens with zero attached hydrogens (tertiary/aromatic N) is 1. The van der Waals surface area contributed by atoms with Crippen molar-refractivity contribution in [3.63, 3.8) is 0 Å². The summed E-state index contributed by atoms with van der Waals surface area (Å²) in [5.41, 5.74) is 0.0181. The van der Waals surface area contributed by atoms with Crippen LogP contribution in [0.15, 0.2) is 29.3 Å². The van der Waals surface area contributed by atoms with Gasteiger partial charge in [0.2, 0.25) is 0 Å². The molecule has 0 aliphatic carbocycles. The van der Waals surface area contributed by atoms with Crippen molar-refractivity contribution in [2.45, 2.75) is 13.2 Å². The van der Waals surface area contributed by atoms with Gasteiger partial charge in [-0.15, -0.1) is 0 Å². The van der Waals surface area contributed by atoms with Gasteiger partial charge in [0.15, 0.2) is 5.43 Å². The summed E-state index contributed by atoms with van der Waals surface area (Å²) in [6, 6.07) is 3.02. The fraction of sp³-hybridized carbons (Fsp3) is 0.375. The van der Waals surface area contributed by atoms with Crippen LogP contribution in [0, 0.1) is 0 Å². The molecule has 1 heterocycles. The van der Waals surface area contributed by atoms with Crippen molar-refractivity contribution in [1.82, 2.24) is 4.57 Å². The van der Waals surface area contributed by atoms with E-state index in [1.54, 1.807) is 19.5 Å². The lowest BCUT2D eigenvalue weighted by Gasteiger charge is -2.12. The molecule has 0 spiro atoms. The van der Waals surface area contributed by atoms with Crippen molar-refractivity contribution < 1.29 is 4.74 Å². The second kappa shape index (κ2) is 3.34. The molecule has 1 aromatic heterocycles. The van der Waals surface area contributed by atoms with E-state index in [4.69, 9.17) is 4.74 Å². The number of hydrogen-bond acceptors (Lipinski definition) is 2. The van der Waals surface area contributed by atoms with Crippen molar-refractivity contribution >= 4 is 0 Å². The number of aromatic nitrogens is 1. The lowest BCUT2D eigenvalue weighted by molar-refractivity contribution is 0.0600. The molecule has 1 atom stereocenters. The van der Waals surface area contributed by atoms with Crippen LogP contribution in [-0.2, 0) is 4.74 Å².